The maximum absolute atomic E-state index is 12.7. The zero-order valence-electron chi connectivity index (χ0n) is 14.8. The summed E-state index contributed by atoms with van der Waals surface area (Å²) in [6.07, 6.45) is 2.46. The molecule has 0 radical (unpaired) electrons. The number of carbonyl (C=O) groups is 1. The Morgan fingerprint density at radius 1 is 1.33 bits per heavy atom. The van der Waals surface area contributed by atoms with Crippen LogP contribution in [0.4, 0.5) is 0 Å². The standard InChI is InChI=1S/C17H23N7O3/c25-17(14-8-16(21-20-14)24-11-18-22-23-24)19-13-6-7-26-10-15(13)27-9-12-4-2-1-3-5-12/h1-5,11,13-16,20-21H,6-10H2,(H,19,25)/t13-,14?,15-,16?/m1/s1. The van der Waals surface area contributed by atoms with Crippen LogP contribution in [0.1, 0.15) is 24.6 Å². The van der Waals surface area contributed by atoms with E-state index < -0.39 is 0 Å². The first kappa shape index (κ1) is 18.0. The number of rotatable bonds is 6. The molecule has 4 atom stereocenters. The van der Waals surface area contributed by atoms with Crippen LogP contribution < -0.4 is 16.2 Å². The van der Waals surface area contributed by atoms with Gasteiger partial charge in [-0.1, -0.05) is 30.3 Å². The first-order chi connectivity index (χ1) is 13.3. The Kier molecular flexibility index (Phi) is 5.68. The van der Waals surface area contributed by atoms with Crippen LogP contribution in [0.15, 0.2) is 36.7 Å². The van der Waals surface area contributed by atoms with E-state index in [0.29, 0.717) is 26.2 Å². The number of nitrogens with zero attached hydrogens (tertiary/aromatic N) is 4. The lowest BCUT2D eigenvalue weighted by atomic mass is 10.0. The molecular formula is C17H23N7O3. The highest BCUT2D eigenvalue weighted by Gasteiger charge is 2.34. The normalized spacial score (nSPS) is 28.1. The Morgan fingerprint density at radius 2 is 2.22 bits per heavy atom. The topological polar surface area (TPSA) is 115 Å². The Hall–Kier alpha value is -2.40. The lowest BCUT2D eigenvalue weighted by Crippen LogP contribution is -2.54. The molecule has 2 unspecified atom stereocenters. The molecule has 1 amide bonds. The molecule has 2 aromatic rings. The van der Waals surface area contributed by atoms with E-state index in [9.17, 15) is 4.79 Å². The van der Waals surface area contributed by atoms with Crippen molar-refractivity contribution in [2.75, 3.05) is 13.2 Å². The van der Waals surface area contributed by atoms with Crippen molar-refractivity contribution < 1.29 is 14.3 Å². The molecule has 2 saturated heterocycles. The second-order valence-electron chi connectivity index (χ2n) is 6.70. The Bertz CT molecular complexity index is 727. The number of carbonyl (C=O) groups excluding carboxylic acids is 1. The third-order valence-electron chi connectivity index (χ3n) is 4.82. The van der Waals surface area contributed by atoms with Crippen molar-refractivity contribution in [3.63, 3.8) is 0 Å². The van der Waals surface area contributed by atoms with E-state index >= 15 is 0 Å². The molecule has 0 saturated carbocycles. The van der Waals surface area contributed by atoms with Crippen LogP contribution in [-0.4, -0.2) is 57.5 Å². The van der Waals surface area contributed by atoms with E-state index in [4.69, 9.17) is 9.47 Å². The van der Waals surface area contributed by atoms with E-state index in [1.807, 2.05) is 30.3 Å². The summed E-state index contributed by atoms with van der Waals surface area (Å²) in [5.41, 5.74) is 7.14. The van der Waals surface area contributed by atoms with Gasteiger partial charge in [0.1, 0.15) is 24.6 Å². The van der Waals surface area contributed by atoms with Gasteiger partial charge in [-0.2, -0.15) is 0 Å². The van der Waals surface area contributed by atoms with Gasteiger partial charge in [0.05, 0.1) is 19.3 Å². The van der Waals surface area contributed by atoms with Crippen LogP contribution in [-0.2, 0) is 20.9 Å². The molecule has 1 aromatic carbocycles. The molecular weight excluding hydrogens is 350 g/mol. The maximum atomic E-state index is 12.7. The Labute approximate surface area is 156 Å². The van der Waals surface area contributed by atoms with Gasteiger partial charge in [0.2, 0.25) is 5.91 Å². The quantitative estimate of drug-likeness (QED) is 0.622. The molecule has 2 aliphatic rings. The summed E-state index contributed by atoms with van der Waals surface area (Å²) >= 11 is 0. The highest BCUT2D eigenvalue weighted by Crippen LogP contribution is 2.17. The number of nitrogens with one attached hydrogen (secondary N) is 3. The van der Waals surface area contributed by atoms with Crippen LogP contribution in [0, 0.1) is 0 Å². The fourth-order valence-corrected chi connectivity index (χ4v) is 3.30. The minimum absolute atomic E-state index is 0.0710. The molecule has 4 rings (SSSR count). The van der Waals surface area contributed by atoms with Crippen LogP contribution in [0.5, 0.6) is 0 Å². The predicted octanol–water partition coefficient (Wildman–Crippen LogP) is -0.471. The van der Waals surface area contributed by atoms with Crippen molar-refractivity contribution in [1.29, 1.82) is 0 Å². The lowest BCUT2D eigenvalue weighted by Gasteiger charge is -2.32. The number of tetrazole rings is 1. The van der Waals surface area contributed by atoms with Crippen molar-refractivity contribution in [2.24, 2.45) is 0 Å². The number of benzene rings is 1. The van der Waals surface area contributed by atoms with Crippen LogP contribution in [0.25, 0.3) is 0 Å². The van der Waals surface area contributed by atoms with Gasteiger partial charge in [0.15, 0.2) is 0 Å². The van der Waals surface area contributed by atoms with Crippen molar-refractivity contribution in [2.45, 2.75) is 43.8 Å². The smallest absolute Gasteiger partial charge is 0.238 e. The zero-order valence-corrected chi connectivity index (χ0v) is 14.8. The molecule has 10 nitrogen and oxygen atoms in total. The zero-order chi connectivity index (χ0) is 18.5. The molecule has 10 heteroatoms. The molecule has 0 spiro atoms. The number of aromatic nitrogens is 4. The minimum Gasteiger partial charge on any atom is -0.379 e. The molecule has 3 N–H and O–H groups in total. The summed E-state index contributed by atoms with van der Waals surface area (Å²) < 4.78 is 13.1. The fourth-order valence-electron chi connectivity index (χ4n) is 3.30. The third kappa shape index (κ3) is 4.48. The van der Waals surface area contributed by atoms with Crippen molar-refractivity contribution in [1.82, 2.24) is 36.4 Å². The average Bonchev–Trinajstić information content (AvgIpc) is 3.40. The molecule has 3 heterocycles. The lowest BCUT2D eigenvalue weighted by molar-refractivity contribution is -0.128. The number of amides is 1. The van der Waals surface area contributed by atoms with Gasteiger partial charge < -0.3 is 14.8 Å². The van der Waals surface area contributed by atoms with Crippen molar-refractivity contribution >= 4 is 5.91 Å². The number of hydrazine groups is 1. The largest absolute Gasteiger partial charge is 0.379 e. The molecule has 0 bridgehead atoms. The molecule has 2 fully saturated rings. The number of ether oxygens (including phenoxy) is 2. The van der Waals surface area contributed by atoms with E-state index in [0.717, 1.165) is 12.0 Å². The maximum Gasteiger partial charge on any atom is 0.238 e. The van der Waals surface area contributed by atoms with Gasteiger partial charge in [-0.25, -0.2) is 15.5 Å². The highest BCUT2D eigenvalue weighted by atomic mass is 16.5. The summed E-state index contributed by atoms with van der Waals surface area (Å²) in [5, 5.41) is 14.2. The Morgan fingerprint density at radius 3 is 3.04 bits per heavy atom. The molecule has 27 heavy (non-hydrogen) atoms. The number of hydrogen-bond acceptors (Lipinski definition) is 8. The number of hydrogen-bond donors (Lipinski definition) is 3. The van der Waals surface area contributed by atoms with E-state index in [1.165, 1.54) is 6.33 Å². The molecule has 144 valence electrons. The van der Waals surface area contributed by atoms with Gasteiger partial charge in [-0.05, 0) is 22.4 Å². The predicted molar refractivity (Wildman–Crippen MR) is 93.9 cm³/mol. The van der Waals surface area contributed by atoms with Gasteiger partial charge in [-0.15, -0.1) is 5.10 Å². The van der Waals surface area contributed by atoms with E-state index in [2.05, 4.69) is 31.7 Å². The molecule has 1 aromatic heterocycles. The SMILES string of the molecule is O=C(N[C@@H]1CCOC[C@H]1OCc1ccccc1)C1CC(n2cnnn2)NN1. The summed E-state index contributed by atoms with van der Waals surface area (Å²) in [5.74, 6) is -0.0710. The second-order valence-corrected chi connectivity index (χ2v) is 6.70. The fraction of sp³-hybridized carbons (Fsp3) is 0.529. The van der Waals surface area contributed by atoms with E-state index in [-0.39, 0.29) is 30.3 Å². The van der Waals surface area contributed by atoms with Crippen molar-refractivity contribution in [3.05, 3.63) is 42.2 Å². The van der Waals surface area contributed by atoms with Gasteiger partial charge in [-0.3, -0.25) is 4.79 Å². The summed E-state index contributed by atoms with van der Waals surface area (Å²) in [7, 11) is 0. The van der Waals surface area contributed by atoms with Crippen LogP contribution in [0.2, 0.25) is 0 Å². The van der Waals surface area contributed by atoms with Crippen LogP contribution in [0.3, 0.4) is 0 Å². The van der Waals surface area contributed by atoms with Gasteiger partial charge in [0.25, 0.3) is 0 Å². The first-order valence-corrected chi connectivity index (χ1v) is 9.07. The van der Waals surface area contributed by atoms with Crippen molar-refractivity contribution in [3.8, 4) is 0 Å². The van der Waals surface area contributed by atoms with Crippen LogP contribution >= 0.6 is 0 Å². The molecule has 0 aliphatic carbocycles. The van der Waals surface area contributed by atoms with Gasteiger partial charge in [0, 0.05) is 13.0 Å². The summed E-state index contributed by atoms with van der Waals surface area (Å²) in [6, 6.07) is 9.53. The highest BCUT2D eigenvalue weighted by molar-refractivity contribution is 5.82. The monoisotopic (exact) mass is 373 g/mol. The minimum atomic E-state index is -0.364. The first-order valence-electron chi connectivity index (χ1n) is 9.07. The summed E-state index contributed by atoms with van der Waals surface area (Å²) in [4.78, 5) is 12.7. The van der Waals surface area contributed by atoms with Gasteiger partial charge >= 0.3 is 0 Å². The third-order valence-corrected chi connectivity index (χ3v) is 4.82. The summed E-state index contributed by atoms with van der Waals surface area (Å²) in [6.45, 7) is 1.58. The molecule has 2 aliphatic heterocycles. The average molecular weight is 373 g/mol. The Balaban J connectivity index is 1.30. The van der Waals surface area contributed by atoms with E-state index in [1.54, 1.807) is 4.68 Å². The second kappa shape index (κ2) is 8.53.